The minimum Gasteiger partial charge on any atom is -0.502 e. The van der Waals surface area contributed by atoms with Crippen LogP contribution in [0.2, 0.25) is 0 Å². The highest BCUT2D eigenvalue weighted by atomic mass is 16.5. The first kappa shape index (κ1) is 9.50. The van der Waals surface area contributed by atoms with E-state index in [-0.39, 0.29) is 0 Å². The van der Waals surface area contributed by atoms with E-state index in [0.717, 1.165) is 26.1 Å². The van der Waals surface area contributed by atoms with Gasteiger partial charge >= 0.3 is 0 Å². The molecule has 10 heavy (non-hydrogen) atoms. The highest BCUT2D eigenvalue weighted by molar-refractivity contribution is 4.50. The van der Waals surface area contributed by atoms with Crippen LogP contribution in [0.3, 0.4) is 0 Å². The Hall–Kier alpha value is -0.500. The minimum absolute atomic E-state index is 0.778. The Balaban J connectivity index is 2.70. The Morgan fingerprint density at radius 2 is 2.30 bits per heavy atom. The summed E-state index contributed by atoms with van der Waals surface area (Å²) in [6.07, 6.45) is 3.74. The molecular weight excluding hydrogens is 126 g/mol. The van der Waals surface area contributed by atoms with Crippen LogP contribution in [0, 0.1) is 0 Å². The van der Waals surface area contributed by atoms with E-state index in [1.54, 1.807) is 0 Å². The summed E-state index contributed by atoms with van der Waals surface area (Å²) in [5.41, 5.74) is 0. The molecule has 0 saturated heterocycles. The molecular formula is C8H17NO. The quantitative estimate of drug-likeness (QED) is 0.431. The Morgan fingerprint density at radius 1 is 1.50 bits per heavy atom. The average Bonchev–Trinajstić information content (AvgIpc) is 1.97. The predicted octanol–water partition coefficient (Wildman–Crippen LogP) is 1.54. The normalized spacial score (nSPS) is 9.30. The highest BCUT2D eigenvalue weighted by Gasteiger charge is 1.84. The first-order chi connectivity index (χ1) is 4.91. The van der Waals surface area contributed by atoms with Gasteiger partial charge in [0.15, 0.2) is 0 Å². The fourth-order valence-electron chi connectivity index (χ4n) is 0.666. The van der Waals surface area contributed by atoms with Crippen LogP contribution in [-0.2, 0) is 4.74 Å². The molecule has 60 valence electrons. The van der Waals surface area contributed by atoms with Crippen molar-refractivity contribution >= 4 is 0 Å². The third kappa shape index (κ3) is 7.50. The zero-order chi connectivity index (χ0) is 7.66. The molecule has 2 heteroatoms. The molecule has 2 nitrogen and oxygen atoms in total. The molecule has 0 bridgehead atoms. The second kappa shape index (κ2) is 8.50. The second-order valence-corrected chi connectivity index (χ2v) is 2.14. The van der Waals surface area contributed by atoms with Crippen molar-refractivity contribution in [1.82, 2.24) is 5.32 Å². The van der Waals surface area contributed by atoms with Crippen LogP contribution >= 0.6 is 0 Å². The van der Waals surface area contributed by atoms with Gasteiger partial charge in [0.1, 0.15) is 0 Å². The molecule has 0 unspecified atom stereocenters. The van der Waals surface area contributed by atoms with Crippen LogP contribution < -0.4 is 5.32 Å². The van der Waals surface area contributed by atoms with E-state index in [9.17, 15) is 0 Å². The van der Waals surface area contributed by atoms with Crippen LogP contribution in [0.4, 0.5) is 0 Å². The largest absolute Gasteiger partial charge is 0.502 e. The molecule has 0 fully saturated rings. The molecule has 0 spiro atoms. The summed E-state index contributed by atoms with van der Waals surface area (Å²) in [6, 6.07) is 0. The predicted molar refractivity (Wildman–Crippen MR) is 43.9 cm³/mol. The topological polar surface area (TPSA) is 21.3 Å². The molecule has 0 heterocycles. The van der Waals surface area contributed by atoms with Gasteiger partial charge in [-0.1, -0.05) is 13.5 Å². The standard InChI is InChI=1S/C8H17NO/c1-3-6-9-7-5-8-10-4-2/h4,9H,2-3,5-8H2,1H3. The van der Waals surface area contributed by atoms with E-state index in [0.29, 0.717) is 0 Å². The third-order valence-electron chi connectivity index (χ3n) is 1.16. The molecule has 0 amide bonds. The average molecular weight is 143 g/mol. The van der Waals surface area contributed by atoms with Gasteiger partial charge in [-0.2, -0.15) is 0 Å². The van der Waals surface area contributed by atoms with E-state index in [2.05, 4.69) is 18.8 Å². The molecule has 0 aliphatic rings. The summed E-state index contributed by atoms with van der Waals surface area (Å²) in [4.78, 5) is 0. The van der Waals surface area contributed by atoms with Gasteiger partial charge in [-0.15, -0.1) is 0 Å². The second-order valence-electron chi connectivity index (χ2n) is 2.14. The zero-order valence-electron chi connectivity index (χ0n) is 6.73. The van der Waals surface area contributed by atoms with Gasteiger partial charge in [0.2, 0.25) is 0 Å². The van der Waals surface area contributed by atoms with Crippen molar-refractivity contribution in [3.63, 3.8) is 0 Å². The van der Waals surface area contributed by atoms with Crippen LogP contribution in [0.25, 0.3) is 0 Å². The Kier molecular flexibility index (Phi) is 8.07. The van der Waals surface area contributed by atoms with Gasteiger partial charge < -0.3 is 10.1 Å². The Labute approximate surface area is 63.3 Å². The SMILES string of the molecule is C=COCCCNCCC. The van der Waals surface area contributed by atoms with Crippen LogP contribution in [-0.4, -0.2) is 19.7 Å². The van der Waals surface area contributed by atoms with Crippen LogP contribution in [0.15, 0.2) is 12.8 Å². The Bertz CT molecular complexity index is 73.7. The molecule has 0 atom stereocenters. The smallest absolute Gasteiger partial charge is 0.0885 e. The molecule has 0 aromatic carbocycles. The number of hydrogen-bond acceptors (Lipinski definition) is 2. The van der Waals surface area contributed by atoms with Crippen molar-refractivity contribution in [2.75, 3.05) is 19.7 Å². The lowest BCUT2D eigenvalue weighted by Gasteiger charge is -2.01. The van der Waals surface area contributed by atoms with Crippen molar-refractivity contribution < 1.29 is 4.74 Å². The van der Waals surface area contributed by atoms with Gasteiger partial charge in [0.05, 0.1) is 12.9 Å². The lowest BCUT2D eigenvalue weighted by molar-refractivity contribution is 0.245. The fourth-order valence-corrected chi connectivity index (χ4v) is 0.666. The first-order valence-corrected chi connectivity index (χ1v) is 3.85. The minimum atomic E-state index is 0.778. The van der Waals surface area contributed by atoms with Crippen molar-refractivity contribution in [2.24, 2.45) is 0 Å². The maximum atomic E-state index is 4.94. The van der Waals surface area contributed by atoms with Crippen molar-refractivity contribution in [3.8, 4) is 0 Å². The zero-order valence-corrected chi connectivity index (χ0v) is 6.73. The van der Waals surface area contributed by atoms with Gasteiger partial charge in [-0.05, 0) is 25.9 Å². The molecule has 0 aromatic rings. The van der Waals surface area contributed by atoms with E-state index < -0.39 is 0 Å². The lowest BCUT2D eigenvalue weighted by atomic mass is 10.4. The maximum Gasteiger partial charge on any atom is 0.0885 e. The maximum absolute atomic E-state index is 4.94. The summed E-state index contributed by atoms with van der Waals surface area (Å²) >= 11 is 0. The molecule has 0 aliphatic heterocycles. The van der Waals surface area contributed by atoms with Crippen molar-refractivity contribution in [3.05, 3.63) is 12.8 Å². The van der Waals surface area contributed by atoms with Crippen molar-refractivity contribution in [2.45, 2.75) is 19.8 Å². The summed E-state index contributed by atoms with van der Waals surface area (Å²) in [6.45, 7) is 8.54. The molecule has 0 saturated carbocycles. The van der Waals surface area contributed by atoms with Gasteiger partial charge in [-0.3, -0.25) is 0 Å². The lowest BCUT2D eigenvalue weighted by Crippen LogP contribution is -2.16. The summed E-state index contributed by atoms with van der Waals surface area (Å²) in [5, 5.41) is 3.28. The monoisotopic (exact) mass is 143 g/mol. The third-order valence-corrected chi connectivity index (χ3v) is 1.16. The van der Waals surface area contributed by atoms with E-state index in [1.165, 1.54) is 12.7 Å². The summed E-state index contributed by atoms with van der Waals surface area (Å²) < 4.78 is 4.94. The first-order valence-electron chi connectivity index (χ1n) is 3.85. The fraction of sp³-hybridized carbons (Fsp3) is 0.750. The molecule has 0 radical (unpaired) electrons. The van der Waals surface area contributed by atoms with Gasteiger partial charge in [0.25, 0.3) is 0 Å². The van der Waals surface area contributed by atoms with Gasteiger partial charge in [0, 0.05) is 0 Å². The number of ether oxygens (including phenoxy) is 1. The van der Waals surface area contributed by atoms with E-state index in [1.807, 2.05) is 0 Å². The van der Waals surface area contributed by atoms with Crippen LogP contribution in [0.5, 0.6) is 0 Å². The van der Waals surface area contributed by atoms with E-state index >= 15 is 0 Å². The highest BCUT2D eigenvalue weighted by Crippen LogP contribution is 1.80. The molecule has 0 rings (SSSR count). The summed E-state index contributed by atoms with van der Waals surface area (Å²) in [7, 11) is 0. The Morgan fingerprint density at radius 3 is 2.90 bits per heavy atom. The molecule has 0 aromatic heterocycles. The molecule has 1 N–H and O–H groups in total. The number of hydrogen-bond donors (Lipinski definition) is 1. The van der Waals surface area contributed by atoms with Gasteiger partial charge in [-0.25, -0.2) is 0 Å². The molecule has 0 aliphatic carbocycles. The summed E-state index contributed by atoms with van der Waals surface area (Å²) in [5.74, 6) is 0. The van der Waals surface area contributed by atoms with Crippen LogP contribution in [0.1, 0.15) is 19.8 Å². The van der Waals surface area contributed by atoms with E-state index in [4.69, 9.17) is 4.74 Å². The number of nitrogens with one attached hydrogen (secondary N) is 1. The van der Waals surface area contributed by atoms with Crippen molar-refractivity contribution in [1.29, 1.82) is 0 Å². The number of rotatable bonds is 7.